The Morgan fingerprint density at radius 1 is 0.613 bits per heavy atom. The van der Waals surface area contributed by atoms with Crippen molar-refractivity contribution in [3.8, 4) is 0 Å². The monoisotopic (exact) mass is 418 g/mol. The summed E-state index contributed by atoms with van der Waals surface area (Å²) < 4.78 is 18.8. The Labute approximate surface area is 187 Å². The van der Waals surface area contributed by atoms with E-state index in [4.69, 9.17) is 14.2 Å². The second kappa shape index (κ2) is 13.1. The van der Waals surface area contributed by atoms with Gasteiger partial charge in [-0.1, -0.05) is 105 Å². The second-order valence-corrected chi connectivity index (χ2v) is 7.98. The highest BCUT2D eigenvalue weighted by atomic mass is 16.5. The van der Waals surface area contributed by atoms with Gasteiger partial charge in [-0.05, 0) is 23.1 Å². The van der Waals surface area contributed by atoms with Crippen LogP contribution >= 0.6 is 0 Å². The van der Waals surface area contributed by atoms with Crippen molar-refractivity contribution in [3.63, 3.8) is 0 Å². The van der Waals surface area contributed by atoms with Gasteiger partial charge < -0.3 is 14.2 Å². The van der Waals surface area contributed by atoms with Crippen molar-refractivity contribution in [2.24, 2.45) is 5.92 Å². The zero-order valence-corrected chi connectivity index (χ0v) is 18.7. The van der Waals surface area contributed by atoms with Crippen LogP contribution in [0.15, 0.2) is 91.0 Å². The molecular formula is C28H34O3. The molecule has 0 aliphatic carbocycles. The molecule has 0 aliphatic heterocycles. The van der Waals surface area contributed by atoms with Crippen LogP contribution in [0.5, 0.6) is 0 Å². The van der Waals surface area contributed by atoms with Gasteiger partial charge in [0.1, 0.15) is 0 Å². The van der Waals surface area contributed by atoms with Gasteiger partial charge in [0.25, 0.3) is 0 Å². The van der Waals surface area contributed by atoms with E-state index >= 15 is 0 Å². The van der Waals surface area contributed by atoms with Crippen LogP contribution in [-0.4, -0.2) is 18.8 Å². The summed E-state index contributed by atoms with van der Waals surface area (Å²) in [6.45, 7) is 6.74. The average Bonchev–Trinajstić information content (AvgIpc) is 2.83. The summed E-state index contributed by atoms with van der Waals surface area (Å²) in [6, 6.07) is 30.9. The minimum atomic E-state index is -0.0512. The SMILES string of the molecule is CCC(OCc1ccccc1)C(OCc1ccccc1)C(C)COCc1ccccc1. The predicted octanol–water partition coefficient (Wildman–Crippen LogP) is 6.42. The molecular weight excluding hydrogens is 384 g/mol. The molecule has 0 radical (unpaired) electrons. The molecule has 0 spiro atoms. The molecule has 0 aromatic heterocycles. The van der Waals surface area contributed by atoms with Crippen LogP contribution in [0.3, 0.4) is 0 Å². The standard InChI is InChI=1S/C28H34O3/c1-3-27(30-21-25-15-9-5-10-16-25)28(31-22-26-17-11-6-12-18-26)23(2)19-29-20-24-13-7-4-8-14-24/h4-18,23,27-28H,3,19-22H2,1-2H3. The molecule has 0 saturated heterocycles. The quantitative estimate of drug-likeness (QED) is 0.320. The van der Waals surface area contributed by atoms with E-state index in [-0.39, 0.29) is 18.1 Å². The number of rotatable bonds is 13. The molecule has 31 heavy (non-hydrogen) atoms. The molecule has 3 unspecified atom stereocenters. The molecule has 0 N–H and O–H groups in total. The van der Waals surface area contributed by atoms with Gasteiger partial charge >= 0.3 is 0 Å². The highest BCUT2D eigenvalue weighted by Crippen LogP contribution is 2.21. The van der Waals surface area contributed by atoms with Crippen molar-refractivity contribution in [2.75, 3.05) is 6.61 Å². The van der Waals surface area contributed by atoms with E-state index in [9.17, 15) is 0 Å². The Hall–Kier alpha value is -2.46. The highest BCUT2D eigenvalue weighted by Gasteiger charge is 2.28. The fourth-order valence-corrected chi connectivity index (χ4v) is 3.66. The van der Waals surface area contributed by atoms with Gasteiger partial charge in [0.15, 0.2) is 0 Å². The van der Waals surface area contributed by atoms with Crippen molar-refractivity contribution in [2.45, 2.75) is 52.3 Å². The minimum absolute atomic E-state index is 0.000700. The largest absolute Gasteiger partial charge is 0.376 e. The molecule has 3 aromatic rings. The van der Waals surface area contributed by atoms with E-state index in [2.05, 4.69) is 50.2 Å². The lowest BCUT2D eigenvalue weighted by atomic mass is 9.98. The zero-order valence-electron chi connectivity index (χ0n) is 18.7. The van der Waals surface area contributed by atoms with Gasteiger partial charge in [0.05, 0.1) is 38.6 Å². The molecule has 3 atom stereocenters. The molecule has 0 heterocycles. The average molecular weight is 419 g/mol. The lowest BCUT2D eigenvalue weighted by Crippen LogP contribution is -2.38. The first-order valence-electron chi connectivity index (χ1n) is 11.2. The van der Waals surface area contributed by atoms with E-state index in [1.165, 1.54) is 16.7 Å². The third-order valence-electron chi connectivity index (χ3n) is 5.41. The van der Waals surface area contributed by atoms with Gasteiger partial charge in [-0.2, -0.15) is 0 Å². The van der Waals surface area contributed by atoms with Crippen molar-refractivity contribution in [1.82, 2.24) is 0 Å². The molecule has 0 fully saturated rings. The molecule has 3 rings (SSSR count). The number of hydrogen-bond donors (Lipinski definition) is 0. The Morgan fingerprint density at radius 3 is 1.55 bits per heavy atom. The maximum absolute atomic E-state index is 6.43. The summed E-state index contributed by atoms with van der Waals surface area (Å²) in [6.07, 6.45) is 0.832. The third-order valence-corrected chi connectivity index (χ3v) is 5.41. The Bertz CT molecular complexity index is 836. The number of benzene rings is 3. The van der Waals surface area contributed by atoms with Gasteiger partial charge in [0.2, 0.25) is 0 Å². The van der Waals surface area contributed by atoms with Crippen LogP contribution in [0, 0.1) is 5.92 Å². The summed E-state index contributed by atoms with van der Waals surface area (Å²) in [4.78, 5) is 0. The molecule has 0 aliphatic rings. The summed E-state index contributed by atoms with van der Waals surface area (Å²) in [5.74, 6) is 0.202. The molecule has 3 heteroatoms. The first-order chi connectivity index (χ1) is 15.3. The summed E-state index contributed by atoms with van der Waals surface area (Å²) >= 11 is 0. The van der Waals surface area contributed by atoms with Crippen LogP contribution in [0.4, 0.5) is 0 Å². The van der Waals surface area contributed by atoms with E-state index in [1.54, 1.807) is 0 Å². The van der Waals surface area contributed by atoms with E-state index in [1.807, 2.05) is 54.6 Å². The fourth-order valence-electron chi connectivity index (χ4n) is 3.66. The minimum Gasteiger partial charge on any atom is -0.376 e. The molecule has 0 amide bonds. The van der Waals surface area contributed by atoms with Gasteiger partial charge in [-0.25, -0.2) is 0 Å². The Kier molecular flexibility index (Phi) is 9.78. The number of hydrogen-bond acceptors (Lipinski definition) is 3. The van der Waals surface area contributed by atoms with E-state index in [0.29, 0.717) is 26.4 Å². The smallest absolute Gasteiger partial charge is 0.0888 e. The van der Waals surface area contributed by atoms with Gasteiger partial charge in [-0.15, -0.1) is 0 Å². The summed E-state index contributed by atoms with van der Waals surface area (Å²) in [7, 11) is 0. The van der Waals surface area contributed by atoms with Crippen LogP contribution in [0.2, 0.25) is 0 Å². The van der Waals surface area contributed by atoms with Crippen molar-refractivity contribution >= 4 is 0 Å². The van der Waals surface area contributed by atoms with Crippen LogP contribution in [0.1, 0.15) is 37.0 Å². The molecule has 3 nitrogen and oxygen atoms in total. The maximum Gasteiger partial charge on any atom is 0.0888 e. The maximum atomic E-state index is 6.43. The number of ether oxygens (including phenoxy) is 3. The summed E-state index contributed by atoms with van der Waals surface area (Å²) in [5.41, 5.74) is 3.53. The topological polar surface area (TPSA) is 27.7 Å². The van der Waals surface area contributed by atoms with Crippen molar-refractivity contribution < 1.29 is 14.2 Å². The predicted molar refractivity (Wildman–Crippen MR) is 126 cm³/mol. The third kappa shape index (κ3) is 7.95. The fraction of sp³-hybridized carbons (Fsp3) is 0.357. The Balaban J connectivity index is 1.61. The lowest BCUT2D eigenvalue weighted by molar-refractivity contribution is -0.120. The van der Waals surface area contributed by atoms with Crippen molar-refractivity contribution in [3.05, 3.63) is 108 Å². The Morgan fingerprint density at radius 2 is 1.06 bits per heavy atom. The zero-order chi connectivity index (χ0) is 21.7. The lowest BCUT2D eigenvalue weighted by Gasteiger charge is -2.31. The van der Waals surface area contributed by atoms with E-state index in [0.717, 1.165) is 6.42 Å². The van der Waals surface area contributed by atoms with Gasteiger partial charge in [0, 0.05) is 5.92 Å². The van der Waals surface area contributed by atoms with Crippen LogP contribution in [-0.2, 0) is 34.0 Å². The van der Waals surface area contributed by atoms with Crippen molar-refractivity contribution in [1.29, 1.82) is 0 Å². The van der Waals surface area contributed by atoms with Gasteiger partial charge in [-0.3, -0.25) is 0 Å². The first-order valence-corrected chi connectivity index (χ1v) is 11.2. The molecule has 164 valence electrons. The molecule has 0 bridgehead atoms. The molecule has 3 aromatic carbocycles. The molecule has 0 saturated carbocycles. The normalized spacial score (nSPS) is 14.1. The first kappa shape index (κ1) is 23.2. The second-order valence-electron chi connectivity index (χ2n) is 7.98. The van der Waals surface area contributed by atoms with E-state index < -0.39 is 0 Å². The van der Waals surface area contributed by atoms with Crippen LogP contribution < -0.4 is 0 Å². The summed E-state index contributed by atoms with van der Waals surface area (Å²) in [5, 5.41) is 0. The van der Waals surface area contributed by atoms with Crippen LogP contribution in [0.25, 0.3) is 0 Å². The highest BCUT2D eigenvalue weighted by molar-refractivity contribution is 5.15.